The quantitative estimate of drug-likeness (QED) is 0.429. The fourth-order valence-corrected chi connectivity index (χ4v) is 2.97. The zero-order valence-electron chi connectivity index (χ0n) is 16.6. The number of hydrazine groups is 1. The van der Waals surface area contributed by atoms with Gasteiger partial charge in [0.1, 0.15) is 5.76 Å². The minimum absolute atomic E-state index is 0.209. The molecule has 3 rings (SSSR count). The number of nitrogens with two attached hydrogens (primary N) is 2. The molecule has 3 aromatic heterocycles. The lowest BCUT2D eigenvalue weighted by atomic mass is 9.93. The van der Waals surface area contributed by atoms with Gasteiger partial charge in [-0.15, -0.1) is 11.3 Å². The molecular weight excluding hydrogens is 390 g/mol. The van der Waals surface area contributed by atoms with Gasteiger partial charge in [0.25, 0.3) is 5.91 Å². The Bertz CT molecular complexity index is 1040. The molecule has 0 aliphatic carbocycles. The van der Waals surface area contributed by atoms with Crippen molar-refractivity contribution in [1.29, 1.82) is 0 Å². The third-order valence-corrected chi connectivity index (χ3v) is 4.91. The SMILES string of the molecule is Cc1ncc(C(=O)Nc2cc(C(C)(C)C)on2)cc1N(N)/C=C(\N)c1cncs1. The van der Waals surface area contributed by atoms with Gasteiger partial charge in [0.2, 0.25) is 0 Å². The van der Waals surface area contributed by atoms with E-state index in [0.717, 1.165) is 4.88 Å². The Kier molecular flexibility index (Phi) is 5.66. The van der Waals surface area contributed by atoms with E-state index >= 15 is 0 Å². The molecule has 152 valence electrons. The zero-order chi connectivity index (χ0) is 21.2. The second-order valence-corrected chi connectivity index (χ2v) is 8.35. The number of rotatable bonds is 5. The molecule has 0 aliphatic rings. The van der Waals surface area contributed by atoms with Gasteiger partial charge in [0.15, 0.2) is 5.82 Å². The highest BCUT2D eigenvalue weighted by Crippen LogP contribution is 2.25. The van der Waals surface area contributed by atoms with Crippen LogP contribution in [0, 0.1) is 6.92 Å². The highest BCUT2D eigenvalue weighted by molar-refractivity contribution is 7.10. The molecular formula is C19H23N7O2S. The van der Waals surface area contributed by atoms with Gasteiger partial charge in [-0.3, -0.25) is 19.8 Å². The molecule has 3 heterocycles. The number of thiazole rings is 1. The molecule has 0 atom stereocenters. The highest BCUT2D eigenvalue weighted by Gasteiger charge is 2.21. The first kappa shape index (κ1) is 20.5. The lowest BCUT2D eigenvalue weighted by Crippen LogP contribution is -2.27. The van der Waals surface area contributed by atoms with Crippen molar-refractivity contribution in [3.05, 3.63) is 58.1 Å². The molecule has 9 nitrogen and oxygen atoms in total. The summed E-state index contributed by atoms with van der Waals surface area (Å²) in [5.74, 6) is 6.77. The van der Waals surface area contributed by atoms with Crippen molar-refractivity contribution >= 4 is 34.4 Å². The normalized spacial score (nSPS) is 12.1. The Balaban J connectivity index is 1.80. The second kappa shape index (κ2) is 8.02. The Hall–Kier alpha value is -3.24. The number of carbonyl (C=O) groups excluding carboxylic acids is 1. The third kappa shape index (κ3) is 4.79. The zero-order valence-corrected chi connectivity index (χ0v) is 17.4. The van der Waals surface area contributed by atoms with Crippen molar-refractivity contribution in [2.75, 3.05) is 10.3 Å². The maximum Gasteiger partial charge on any atom is 0.258 e. The topological polar surface area (TPSA) is 136 Å². The Morgan fingerprint density at radius 1 is 1.31 bits per heavy atom. The van der Waals surface area contributed by atoms with Gasteiger partial charge >= 0.3 is 0 Å². The molecule has 0 saturated heterocycles. The summed E-state index contributed by atoms with van der Waals surface area (Å²) in [7, 11) is 0. The van der Waals surface area contributed by atoms with E-state index in [4.69, 9.17) is 16.1 Å². The highest BCUT2D eigenvalue weighted by atomic mass is 32.1. The summed E-state index contributed by atoms with van der Waals surface area (Å²) in [6.45, 7) is 7.78. The predicted molar refractivity (Wildman–Crippen MR) is 113 cm³/mol. The molecule has 1 amide bonds. The first-order valence-electron chi connectivity index (χ1n) is 8.80. The minimum atomic E-state index is -0.375. The monoisotopic (exact) mass is 413 g/mol. The molecule has 0 spiro atoms. The van der Waals surface area contributed by atoms with E-state index in [2.05, 4.69) is 20.4 Å². The number of carbonyl (C=O) groups is 1. The fraction of sp³-hybridized carbons (Fsp3) is 0.263. The van der Waals surface area contributed by atoms with Gasteiger partial charge in [0.05, 0.1) is 33.0 Å². The molecule has 0 radical (unpaired) electrons. The summed E-state index contributed by atoms with van der Waals surface area (Å²) in [4.78, 5) is 21.7. The first-order chi connectivity index (χ1) is 13.6. The van der Waals surface area contributed by atoms with E-state index < -0.39 is 0 Å². The smallest absolute Gasteiger partial charge is 0.258 e. The van der Waals surface area contributed by atoms with E-state index in [-0.39, 0.29) is 11.3 Å². The van der Waals surface area contributed by atoms with Crippen LogP contribution in [-0.2, 0) is 5.41 Å². The number of aromatic nitrogens is 3. The number of anilines is 2. The van der Waals surface area contributed by atoms with Gasteiger partial charge in [-0.25, -0.2) is 5.84 Å². The Morgan fingerprint density at radius 2 is 2.07 bits per heavy atom. The third-order valence-electron chi connectivity index (χ3n) is 4.09. The summed E-state index contributed by atoms with van der Waals surface area (Å²) in [5, 5.41) is 7.94. The van der Waals surface area contributed by atoms with Crippen molar-refractivity contribution in [3.8, 4) is 0 Å². The minimum Gasteiger partial charge on any atom is -0.396 e. The second-order valence-electron chi connectivity index (χ2n) is 7.47. The van der Waals surface area contributed by atoms with E-state index in [1.807, 2.05) is 20.8 Å². The molecule has 0 fully saturated rings. The predicted octanol–water partition coefficient (Wildman–Crippen LogP) is 3.02. The number of amides is 1. The van der Waals surface area contributed by atoms with E-state index in [9.17, 15) is 4.79 Å². The molecule has 0 saturated carbocycles. The van der Waals surface area contributed by atoms with E-state index in [1.54, 1.807) is 37.0 Å². The summed E-state index contributed by atoms with van der Waals surface area (Å²) in [6, 6.07) is 3.34. The maximum atomic E-state index is 12.6. The number of hydrogen-bond acceptors (Lipinski definition) is 9. The standard InChI is InChI=1S/C19H23N7O2S/c1-11-14(26(21)9-13(20)15-8-22-10-29-15)5-12(7-23-11)18(27)24-17-6-16(28-25-17)19(2,3)4/h5-10H,20-21H2,1-4H3,(H,24,25,27)/b13-9-. The lowest BCUT2D eigenvalue weighted by Gasteiger charge is -2.17. The van der Waals surface area contributed by atoms with Crippen molar-refractivity contribution < 1.29 is 9.32 Å². The average Bonchev–Trinajstić information content (AvgIpc) is 3.33. The summed E-state index contributed by atoms with van der Waals surface area (Å²) in [5.41, 5.74) is 9.51. The van der Waals surface area contributed by atoms with Gasteiger partial charge in [-0.1, -0.05) is 25.9 Å². The summed E-state index contributed by atoms with van der Waals surface area (Å²) < 4.78 is 5.29. The van der Waals surface area contributed by atoms with Crippen LogP contribution in [0.5, 0.6) is 0 Å². The molecule has 0 aliphatic heterocycles. The van der Waals surface area contributed by atoms with Crippen LogP contribution in [0.15, 0.2) is 40.8 Å². The summed E-state index contributed by atoms with van der Waals surface area (Å²) in [6.07, 6.45) is 4.69. The van der Waals surface area contributed by atoms with Crippen LogP contribution in [0.25, 0.3) is 5.70 Å². The van der Waals surface area contributed by atoms with Gasteiger partial charge < -0.3 is 15.6 Å². The van der Waals surface area contributed by atoms with Crippen LogP contribution < -0.4 is 21.9 Å². The van der Waals surface area contributed by atoms with Crippen LogP contribution in [0.3, 0.4) is 0 Å². The van der Waals surface area contributed by atoms with Crippen molar-refractivity contribution in [1.82, 2.24) is 15.1 Å². The average molecular weight is 414 g/mol. The molecule has 3 aromatic rings. The number of aryl methyl sites for hydroxylation is 1. The number of nitrogens with one attached hydrogen (secondary N) is 1. The Labute approximate surface area is 172 Å². The molecule has 29 heavy (non-hydrogen) atoms. The number of pyridine rings is 1. The lowest BCUT2D eigenvalue weighted by molar-refractivity contribution is 0.102. The van der Waals surface area contributed by atoms with Crippen LogP contribution in [0.1, 0.15) is 47.5 Å². The molecule has 0 aromatic carbocycles. The van der Waals surface area contributed by atoms with Crippen LogP contribution >= 0.6 is 11.3 Å². The molecule has 0 unspecified atom stereocenters. The number of nitrogens with zero attached hydrogens (tertiary/aromatic N) is 4. The van der Waals surface area contributed by atoms with E-state index in [1.165, 1.54) is 22.5 Å². The fourth-order valence-electron chi connectivity index (χ4n) is 2.42. The van der Waals surface area contributed by atoms with E-state index in [0.29, 0.717) is 34.2 Å². The molecule has 0 bridgehead atoms. The van der Waals surface area contributed by atoms with Gasteiger partial charge in [0, 0.05) is 30.1 Å². The van der Waals surface area contributed by atoms with Crippen molar-refractivity contribution in [2.45, 2.75) is 33.1 Å². The largest absolute Gasteiger partial charge is 0.396 e. The molecule has 5 N–H and O–H groups in total. The first-order valence-corrected chi connectivity index (χ1v) is 9.68. The van der Waals surface area contributed by atoms with Gasteiger partial charge in [-0.05, 0) is 13.0 Å². The van der Waals surface area contributed by atoms with Crippen molar-refractivity contribution in [2.24, 2.45) is 11.6 Å². The number of hydrogen-bond donors (Lipinski definition) is 3. The summed E-state index contributed by atoms with van der Waals surface area (Å²) >= 11 is 1.40. The van der Waals surface area contributed by atoms with Crippen LogP contribution in [0.2, 0.25) is 0 Å². The van der Waals surface area contributed by atoms with Crippen molar-refractivity contribution in [3.63, 3.8) is 0 Å². The van der Waals surface area contributed by atoms with Crippen LogP contribution in [0.4, 0.5) is 11.5 Å². The maximum absolute atomic E-state index is 12.6. The Morgan fingerprint density at radius 3 is 2.69 bits per heavy atom. The van der Waals surface area contributed by atoms with Crippen LogP contribution in [-0.4, -0.2) is 21.0 Å². The molecule has 10 heteroatoms. The van der Waals surface area contributed by atoms with Gasteiger partial charge in [-0.2, -0.15) is 0 Å².